The van der Waals surface area contributed by atoms with E-state index in [1.54, 1.807) is 0 Å². The van der Waals surface area contributed by atoms with E-state index < -0.39 is 0 Å². The quantitative estimate of drug-likeness (QED) is 0.577. The molecule has 32 heavy (non-hydrogen) atoms. The van der Waals surface area contributed by atoms with Crippen LogP contribution in [0.5, 0.6) is 11.5 Å². The Kier molecular flexibility index (Phi) is 5.32. The first-order valence-electron chi connectivity index (χ1n) is 12.0. The van der Waals surface area contributed by atoms with E-state index >= 15 is 0 Å². The molecule has 5 nitrogen and oxygen atoms in total. The number of aromatic nitrogens is 1. The normalized spacial score (nSPS) is 21.2. The van der Waals surface area contributed by atoms with E-state index in [9.17, 15) is 0 Å². The number of fused-ring (bicyclic) bond motifs is 3. The predicted molar refractivity (Wildman–Crippen MR) is 125 cm³/mol. The average molecular weight is 433 g/mol. The van der Waals surface area contributed by atoms with Crippen LogP contribution in [-0.2, 0) is 24.6 Å². The summed E-state index contributed by atoms with van der Waals surface area (Å²) in [5, 5.41) is 1.38. The maximum atomic E-state index is 5.76. The number of hydrogen-bond donors (Lipinski definition) is 0. The van der Waals surface area contributed by atoms with Crippen LogP contribution < -0.4 is 9.47 Å². The van der Waals surface area contributed by atoms with Crippen molar-refractivity contribution in [1.82, 2.24) is 9.47 Å². The fourth-order valence-corrected chi connectivity index (χ4v) is 5.88. The first-order valence-corrected chi connectivity index (χ1v) is 12.0. The van der Waals surface area contributed by atoms with Crippen LogP contribution in [0.15, 0.2) is 42.6 Å². The zero-order valence-corrected chi connectivity index (χ0v) is 18.9. The molecule has 6 rings (SSSR count). The highest BCUT2D eigenvalue weighted by atomic mass is 16.7. The smallest absolute Gasteiger partial charge is 0.231 e. The van der Waals surface area contributed by atoms with Crippen LogP contribution in [0.4, 0.5) is 0 Å². The third-order valence-corrected chi connectivity index (χ3v) is 7.60. The second kappa shape index (κ2) is 8.45. The van der Waals surface area contributed by atoms with Crippen LogP contribution in [0.1, 0.15) is 42.0 Å². The van der Waals surface area contributed by atoms with Gasteiger partial charge in [0, 0.05) is 56.5 Å². The molecule has 0 aliphatic carbocycles. The molecule has 1 saturated heterocycles. The molecule has 3 aliphatic heterocycles. The maximum absolute atomic E-state index is 5.76. The monoisotopic (exact) mass is 432 g/mol. The van der Waals surface area contributed by atoms with E-state index in [-0.39, 0.29) is 0 Å². The Morgan fingerprint density at radius 2 is 1.84 bits per heavy atom. The van der Waals surface area contributed by atoms with Crippen molar-refractivity contribution in [3.05, 3.63) is 59.3 Å². The van der Waals surface area contributed by atoms with Crippen molar-refractivity contribution in [3.63, 3.8) is 0 Å². The summed E-state index contributed by atoms with van der Waals surface area (Å²) in [7, 11) is 2.15. The first-order chi connectivity index (χ1) is 15.8. The van der Waals surface area contributed by atoms with Gasteiger partial charge < -0.3 is 18.8 Å². The van der Waals surface area contributed by atoms with Gasteiger partial charge >= 0.3 is 0 Å². The van der Waals surface area contributed by atoms with Gasteiger partial charge in [-0.25, -0.2) is 0 Å². The molecule has 5 heteroatoms. The molecule has 4 heterocycles. The molecule has 0 bridgehead atoms. The third kappa shape index (κ3) is 3.67. The zero-order chi connectivity index (χ0) is 21.5. The summed E-state index contributed by atoms with van der Waals surface area (Å²) in [6.45, 7) is 4.44. The molecule has 0 saturated carbocycles. The highest BCUT2D eigenvalue weighted by Crippen LogP contribution is 2.42. The summed E-state index contributed by atoms with van der Waals surface area (Å²) >= 11 is 0. The van der Waals surface area contributed by atoms with E-state index in [0.29, 0.717) is 12.8 Å². The van der Waals surface area contributed by atoms with Crippen LogP contribution in [0.3, 0.4) is 0 Å². The van der Waals surface area contributed by atoms with Gasteiger partial charge in [0.2, 0.25) is 6.79 Å². The van der Waals surface area contributed by atoms with Crippen molar-refractivity contribution in [2.24, 2.45) is 13.0 Å². The predicted octanol–water partition coefficient (Wildman–Crippen LogP) is 4.87. The minimum atomic E-state index is 0.338. The van der Waals surface area contributed by atoms with E-state index in [2.05, 4.69) is 59.1 Å². The lowest BCUT2D eigenvalue weighted by Crippen LogP contribution is -2.40. The number of rotatable bonds is 5. The number of hydrogen-bond acceptors (Lipinski definition) is 4. The molecule has 1 aromatic heterocycles. The van der Waals surface area contributed by atoms with Crippen molar-refractivity contribution in [2.75, 3.05) is 33.1 Å². The van der Waals surface area contributed by atoms with Gasteiger partial charge in [-0.15, -0.1) is 0 Å². The van der Waals surface area contributed by atoms with Gasteiger partial charge in [-0.1, -0.05) is 18.2 Å². The van der Waals surface area contributed by atoms with Crippen molar-refractivity contribution in [1.29, 1.82) is 0 Å². The van der Waals surface area contributed by atoms with E-state index in [1.165, 1.54) is 40.4 Å². The summed E-state index contributed by atoms with van der Waals surface area (Å²) in [5.74, 6) is 2.56. The lowest BCUT2D eigenvalue weighted by Gasteiger charge is -2.40. The molecular weight excluding hydrogens is 400 g/mol. The molecular formula is C27H32N2O3. The van der Waals surface area contributed by atoms with Crippen molar-refractivity contribution >= 4 is 10.9 Å². The lowest BCUT2D eigenvalue weighted by molar-refractivity contribution is 0.0423. The van der Waals surface area contributed by atoms with Crippen LogP contribution in [0.2, 0.25) is 0 Å². The number of benzene rings is 2. The van der Waals surface area contributed by atoms with Crippen LogP contribution >= 0.6 is 0 Å². The van der Waals surface area contributed by atoms with Gasteiger partial charge in [0.1, 0.15) is 0 Å². The standard InChI is InChI=1S/C27H32N2O3/c1-28-17-21(22-4-2-3-5-24(22)28)6-7-25-23-15-27-26(31-18-32-27)14-20(23)8-11-29(25)16-19-9-12-30-13-10-19/h2-5,14-15,17,19,25H,6-13,16,18H2,1H3. The van der Waals surface area contributed by atoms with E-state index in [1.807, 2.05) is 0 Å². The first kappa shape index (κ1) is 20.1. The molecule has 3 aromatic rings. The van der Waals surface area contributed by atoms with Crippen molar-refractivity contribution < 1.29 is 14.2 Å². The van der Waals surface area contributed by atoms with Crippen molar-refractivity contribution in [2.45, 2.75) is 38.1 Å². The topological polar surface area (TPSA) is 35.9 Å². The largest absolute Gasteiger partial charge is 0.454 e. The fraction of sp³-hybridized carbons (Fsp3) is 0.481. The second-order valence-corrected chi connectivity index (χ2v) is 9.54. The Morgan fingerprint density at radius 1 is 1.03 bits per heavy atom. The minimum absolute atomic E-state index is 0.338. The number of aryl methyl sites for hydroxylation is 2. The Morgan fingerprint density at radius 3 is 2.72 bits per heavy atom. The molecule has 1 unspecified atom stereocenters. The second-order valence-electron chi connectivity index (χ2n) is 9.54. The molecule has 0 spiro atoms. The van der Waals surface area contributed by atoms with Gasteiger partial charge in [0.25, 0.3) is 0 Å². The molecule has 2 aromatic carbocycles. The SMILES string of the molecule is Cn1cc(CCC2c3cc4c(cc3CCN2CC2CCOCC2)OCO4)c2ccccc21. The highest BCUT2D eigenvalue weighted by molar-refractivity contribution is 5.83. The Balaban J connectivity index is 1.30. The molecule has 0 N–H and O–H groups in total. The minimum Gasteiger partial charge on any atom is -0.454 e. The van der Waals surface area contributed by atoms with E-state index in [0.717, 1.165) is 63.0 Å². The fourth-order valence-electron chi connectivity index (χ4n) is 5.88. The van der Waals surface area contributed by atoms with Gasteiger partial charge in [-0.05, 0) is 72.9 Å². The summed E-state index contributed by atoms with van der Waals surface area (Å²) in [6, 6.07) is 13.7. The molecule has 3 aliphatic rings. The molecule has 1 fully saturated rings. The van der Waals surface area contributed by atoms with Crippen LogP contribution in [-0.4, -0.2) is 42.6 Å². The van der Waals surface area contributed by atoms with Crippen molar-refractivity contribution in [3.8, 4) is 11.5 Å². The van der Waals surface area contributed by atoms with Gasteiger partial charge in [-0.2, -0.15) is 0 Å². The van der Waals surface area contributed by atoms with Crippen LogP contribution in [0.25, 0.3) is 10.9 Å². The Labute approximate surface area is 189 Å². The summed E-state index contributed by atoms with van der Waals surface area (Å²) in [5.41, 5.74) is 5.63. The van der Waals surface area contributed by atoms with Crippen LogP contribution in [0, 0.1) is 5.92 Å². The summed E-state index contributed by atoms with van der Waals surface area (Å²) in [6.07, 6.45) is 7.95. The average Bonchev–Trinajstić information content (AvgIpc) is 3.41. The molecule has 0 radical (unpaired) electrons. The summed E-state index contributed by atoms with van der Waals surface area (Å²) < 4.78 is 19.3. The number of ether oxygens (including phenoxy) is 3. The number of para-hydroxylation sites is 1. The summed E-state index contributed by atoms with van der Waals surface area (Å²) in [4.78, 5) is 2.74. The van der Waals surface area contributed by atoms with E-state index in [4.69, 9.17) is 14.2 Å². The Hall–Kier alpha value is -2.50. The number of nitrogens with zero attached hydrogens (tertiary/aromatic N) is 2. The molecule has 168 valence electrons. The molecule has 1 atom stereocenters. The lowest BCUT2D eigenvalue weighted by atomic mass is 9.87. The zero-order valence-electron chi connectivity index (χ0n) is 18.9. The third-order valence-electron chi connectivity index (χ3n) is 7.60. The van der Waals surface area contributed by atoms with Gasteiger partial charge in [-0.3, -0.25) is 4.90 Å². The van der Waals surface area contributed by atoms with Gasteiger partial charge in [0.05, 0.1) is 0 Å². The maximum Gasteiger partial charge on any atom is 0.231 e. The van der Waals surface area contributed by atoms with Gasteiger partial charge in [0.15, 0.2) is 11.5 Å². The highest BCUT2D eigenvalue weighted by Gasteiger charge is 2.32. The molecule has 0 amide bonds. The Bertz CT molecular complexity index is 1120.